The van der Waals surface area contributed by atoms with E-state index < -0.39 is 12.2 Å². The number of aliphatic hydroxyl groups excluding tert-OH is 3. The number of amides is 1. The molecule has 27 heavy (non-hydrogen) atoms. The molecule has 1 aliphatic heterocycles. The fourth-order valence-electron chi connectivity index (χ4n) is 4.87. The summed E-state index contributed by atoms with van der Waals surface area (Å²) in [7, 11) is 0. The summed E-state index contributed by atoms with van der Waals surface area (Å²) in [6.07, 6.45) is 8.84. The van der Waals surface area contributed by atoms with Crippen LogP contribution in [0.4, 0.5) is 0 Å². The first-order chi connectivity index (χ1) is 13.0. The number of aliphatic hydroxyl groups is 3. The van der Waals surface area contributed by atoms with Crippen molar-refractivity contribution in [2.45, 2.75) is 95.9 Å². The number of β-amino-alcohol motifs (C(OH)–C–C–N with tert-alkyl or cyclic N) is 1. The van der Waals surface area contributed by atoms with Crippen LogP contribution in [0, 0.1) is 5.92 Å². The van der Waals surface area contributed by atoms with Crippen LogP contribution in [0.3, 0.4) is 0 Å². The van der Waals surface area contributed by atoms with E-state index in [2.05, 4.69) is 9.80 Å². The lowest BCUT2D eigenvalue weighted by molar-refractivity contribution is -0.131. The first-order valence-electron chi connectivity index (χ1n) is 10.9. The minimum atomic E-state index is -0.754. The maximum Gasteiger partial charge on any atom is 0.219 e. The largest absolute Gasteiger partial charge is 0.395 e. The van der Waals surface area contributed by atoms with Crippen molar-refractivity contribution < 1.29 is 20.1 Å². The molecule has 0 spiro atoms. The number of carbonyl (C=O) groups is 1. The average Bonchev–Trinajstić information content (AvgIpc) is 2.66. The van der Waals surface area contributed by atoms with Gasteiger partial charge in [-0.25, -0.2) is 0 Å². The summed E-state index contributed by atoms with van der Waals surface area (Å²) < 4.78 is 0. The van der Waals surface area contributed by atoms with Crippen LogP contribution in [-0.2, 0) is 4.79 Å². The van der Waals surface area contributed by atoms with E-state index in [0.29, 0.717) is 12.6 Å². The third-order valence-electron chi connectivity index (χ3n) is 6.63. The van der Waals surface area contributed by atoms with E-state index in [4.69, 9.17) is 0 Å². The Bertz CT molecular complexity index is 442. The van der Waals surface area contributed by atoms with E-state index in [1.165, 1.54) is 19.3 Å². The summed E-state index contributed by atoms with van der Waals surface area (Å²) in [5.41, 5.74) is 0. The normalized spacial score (nSPS) is 30.4. The third kappa shape index (κ3) is 6.41. The predicted molar refractivity (Wildman–Crippen MR) is 106 cm³/mol. The lowest BCUT2D eigenvalue weighted by Gasteiger charge is -2.44. The topological polar surface area (TPSA) is 84.2 Å². The molecule has 0 aromatic rings. The second-order valence-electron chi connectivity index (χ2n) is 8.58. The van der Waals surface area contributed by atoms with Gasteiger partial charge in [-0.2, -0.15) is 0 Å². The molecule has 1 saturated carbocycles. The number of unbranched alkanes of at least 4 members (excludes halogenated alkanes) is 3. The summed E-state index contributed by atoms with van der Waals surface area (Å²) in [6, 6.07) is 0.368. The van der Waals surface area contributed by atoms with Gasteiger partial charge in [-0.05, 0) is 32.2 Å². The van der Waals surface area contributed by atoms with Gasteiger partial charge in [0.25, 0.3) is 0 Å². The molecule has 158 valence electrons. The zero-order chi connectivity index (χ0) is 19.8. The van der Waals surface area contributed by atoms with Crippen molar-refractivity contribution in [2.24, 2.45) is 5.92 Å². The van der Waals surface area contributed by atoms with E-state index in [9.17, 15) is 20.1 Å². The molecule has 2 fully saturated rings. The zero-order valence-corrected chi connectivity index (χ0v) is 17.2. The molecule has 4 unspecified atom stereocenters. The second kappa shape index (κ2) is 11.3. The van der Waals surface area contributed by atoms with Crippen molar-refractivity contribution in [1.29, 1.82) is 0 Å². The van der Waals surface area contributed by atoms with E-state index in [0.717, 1.165) is 51.6 Å². The molecule has 0 radical (unpaired) electrons. The van der Waals surface area contributed by atoms with Gasteiger partial charge < -0.3 is 20.2 Å². The van der Waals surface area contributed by atoms with Crippen LogP contribution in [0.5, 0.6) is 0 Å². The van der Waals surface area contributed by atoms with Crippen LogP contribution in [0.25, 0.3) is 0 Å². The molecular formula is C21H40N2O4. The highest BCUT2D eigenvalue weighted by molar-refractivity contribution is 5.73. The van der Waals surface area contributed by atoms with Crippen LogP contribution < -0.4 is 0 Å². The summed E-state index contributed by atoms with van der Waals surface area (Å²) in [6.45, 7) is 5.73. The fraction of sp³-hybridized carbons (Fsp3) is 0.952. The highest BCUT2D eigenvalue weighted by Crippen LogP contribution is 2.25. The first kappa shape index (κ1) is 22.6. The van der Waals surface area contributed by atoms with Gasteiger partial charge in [0.05, 0.1) is 18.8 Å². The molecule has 1 aliphatic carbocycles. The van der Waals surface area contributed by atoms with Crippen LogP contribution in [0.15, 0.2) is 0 Å². The van der Waals surface area contributed by atoms with E-state index in [-0.39, 0.29) is 24.5 Å². The maximum atomic E-state index is 12.0. The number of carbonyl (C=O) groups excluding carboxylic acids is 1. The summed E-state index contributed by atoms with van der Waals surface area (Å²) in [5, 5.41) is 29.6. The summed E-state index contributed by atoms with van der Waals surface area (Å²) in [5.74, 6) is 0.0842. The lowest BCUT2D eigenvalue weighted by Crippen LogP contribution is -2.58. The Kier molecular flexibility index (Phi) is 9.50. The molecule has 1 amide bonds. The third-order valence-corrected chi connectivity index (χ3v) is 6.63. The van der Waals surface area contributed by atoms with E-state index in [1.54, 1.807) is 6.92 Å². The molecule has 2 rings (SSSR count). The van der Waals surface area contributed by atoms with Gasteiger partial charge >= 0.3 is 0 Å². The number of hydrogen-bond donors (Lipinski definition) is 3. The van der Waals surface area contributed by atoms with Crippen LogP contribution in [0.2, 0.25) is 0 Å². The number of nitrogens with zero attached hydrogens (tertiary/aromatic N) is 2. The van der Waals surface area contributed by atoms with Gasteiger partial charge in [-0.15, -0.1) is 0 Å². The molecule has 3 N–H and O–H groups in total. The Hall–Kier alpha value is -0.690. The van der Waals surface area contributed by atoms with Crippen molar-refractivity contribution in [3.8, 4) is 0 Å². The number of rotatable bonds is 9. The number of piperidine rings is 1. The highest BCUT2D eigenvalue weighted by Gasteiger charge is 2.38. The molecular weight excluding hydrogens is 344 g/mol. The molecule has 0 bridgehead atoms. The molecule has 1 heterocycles. The molecule has 6 nitrogen and oxygen atoms in total. The molecule has 2 aliphatic rings. The van der Waals surface area contributed by atoms with Gasteiger partial charge in [0, 0.05) is 38.0 Å². The van der Waals surface area contributed by atoms with Crippen molar-refractivity contribution in [2.75, 3.05) is 26.2 Å². The average molecular weight is 385 g/mol. The molecule has 4 atom stereocenters. The molecule has 0 aromatic carbocycles. The van der Waals surface area contributed by atoms with Crippen molar-refractivity contribution in [3.63, 3.8) is 0 Å². The predicted octanol–water partition coefficient (Wildman–Crippen LogP) is 1.76. The Labute approximate surface area is 164 Å². The van der Waals surface area contributed by atoms with Gasteiger partial charge in [-0.1, -0.05) is 39.0 Å². The minimum absolute atomic E-state index is 0.0138. The van der Waals surface area contributed by atoms with Gasteiger partial charge in [0.15, 0.2) is 0 Å². The van der Waals surface area contributed by atoms with E-state index >= 15 is 0 Å². The van der Waals surface area contributed by atoms with Gasteiger partial charge in [-0.3, -0.25) is 9.69 Å². The van der Waals surface area contributed by atoms with E-state index in [1.807, 2.05) is 6.92 Å². The molecule has 0 aromatic heterocycles. The molecule has 1 saturated heterocycles. The first-order valence-corrected chi connectivity index (χ1v) is 10.9. The monoisotopic (exact) mass is 384 g/mol. The molecule has 6 heteroatoms. The Morgan fingerprint density at radius 2 is 1.74 bits per heavy atom. The fourth-order valence-corrected chi connectivity index (χ4v) is 4.87. The van der Waals surface area contributed by atoms with Crippen LogP contribution >= 0.6 is 0 Å². The number of hydrogen-bond acceptors (Lipinski definition) is 5. The van der Waals surface area contributed by atoms with Crippen LogP contribution in [-0.4, -0.2) is 81.6 Å². The van der Waals surface area contributed by atoms with Crippen molar-refractivity contribution in [3.05, 3.63) is 0 Å². The van der Waals surface area contributed by atoms with Crippen molar-refractivity contribution >= 4 is 5.91 Å². The number of likely N-dealkylation sites (tertiary alicyclic amines) is 1. The smallest absolute Gasteiger partial charge is 0.219 e. The van der Waals surface area contributed by atoms with Crippen molar-refractivity contribution in [1.82, 2.24) is 9.80 Å². The quantitative estimate of drug-likeness (QED) is 0.528. The van der Waals surface area contributed by atoms with Gasteiger partial charge in [0.1, 0.15) is 0 Å². The Morgan fingerprint density at radius 1 is 1.07 bits per heavy atom. The Morgan fingerprint density at radius 3 is 2.37 bits per heavy atom. The van der Waals surface area contributed by atoms with Crippen LogP contribution in [0.1, 0.15) is 71.6 Å². The minimum Gasteiger partial charge on any atom is -0.395 e. The SMILES string of the molecule is CC(=O)N(CCCCCCN1CC(O)C(O)C(C)C1CO)C1CCCCC1. The highest BCUT2D eigenvalue weighted by atomic mass is 16.3. The zero-order valence-electron chi connectivity index (χ0n) is 17.2. The second-order valence-corrected chi connectivity index (χ2v) is 8.58. The lowest BCUT2D eigenvalue weighted by atomic mass is 9.86. The van der Waals surface area contributed by atoms with Gasteiger partial charge in [0.2, 0.25) is 5.91 Å². The summed E-state index contributed by atoms with van der Waals surface area (Å²) in [4.78, 5) is 16.2. The standard InChI is InChI=1S/C21H40N2O4/c1-16-19(15-24)22(14-20(26)21(16)27)12-8-3-4-9-13-23(17(2)25)18-10-6-5-7-11-18/h16,18-21,24,26-27H,3-15H2,1-2H3. The summed E-state index contributed by atoms with van der Waals surface area (Å²) >= 11 is 0. The Balaban J connectivity index is 1.66. The maximum absolute atomic E-state index is 12.0.